The van der Waals surface area contributed by atoms with Crippen LogP contribution in [0.15, 0.2) is 6.33 Å². The van der Waals surface area contributed by atoms with Gasteiger partial charge in [-0.3, -0.25) is 0 Å². The number of nitrogens with zero attached hydrogens (tertiary/aromatic N) is 1. The van der Waals surface area contributed by atoms with Crippen LogP contribution < -0.4 is 5.32 Å². The lowest BCUT2D eigenvalue weighted by molar-refractivity contribution is -0.00987. The fourth-order valence-electron chi connectivity index (χ4n) is 1.42. The molecule has 0 atom stereocenters. The molecule has 3 N–H and O–H groups in total. The number of aromatic nitrogens is 2. The van der Waals surface area contributed by atoms with E-state index in [0.717, 1.165) is 11.4 Å². The van der Waals surface area contributed by atoms with Gasteiger partial charge in [0.2, 0.25) is 0 Å². The Kier molecular flexibility index (Phi) is 1.66. The highest BCUT2D eigenvalue weighted by Gasteiger charge is 2.35. The summed E-state index contributed by atoms with van der Waals surface area (Å²) >= 11 is 0. The zero-order chi connectivity index (χ0) is 8.60. The van der Waals surface area contributed by atoms with Crippen LogP contribution in [0.25, 0.3) is 0 Å². The summed E-state index contributed by atoms with van der Waals surface area (Å²) in [6.07, 6.45) is 2.31. The van der Waals surface area contributed by atoms with E-state index in [9.17, 15) is 5.11 Å². The molecule has 0 saturated carbocycles. The Balaban J connectivity index is 2.08. The molecule has 66 valence electrons. The molecule has 0 bridgehead atoms. The van der Waals surface area contributed by atoms with Crippen LogP contribution in [-0.2, 0) is 6.42 Å². The van der Waals surface area contributed by atoms with Crippen LogP contribution in [-0.4, -0.2) is 33.8 Å². The third-order valence-electron chi connectivity index (χ3n) is 2.34. The van der Waals surface area contributed by atoms with Crippen molar-refractivity contribution in [2.75, 3.05) is 13.1 Å². The first kappa shape index (κ1) is 7.76. The van der Waals surface area contributed by atoms with Gasteiger partial charge in [-0.15, -0.1) is 0 Å². The van der Waals surface area contributed by atoms with E-state index in [-0.39, 0.29) is 0 Å². The number of hydrogen-bond donors (Lipinski definition) is 3. The highest BCUT2D eigenvalue weighted by atomic mass is 16.3. The summed E-state index contributed by atoms with van der Waals surface area (Å²) in [5.74, 6) is 0. The first-order chi connectivity index (χ1) is 5.70. The van der Waals surface area contributed by atoms with Crippen LogP contribution in [0.4, 0.5) is 0 Å². The van der Waals surface area contributed by atoms with Gasteiger partial charge in [0.1, 0.15) is 0 Å². The number of nitrogens with one attached hydrogen (secondary N) is 2. The molecule has 2 heterocycles. The molecular weight excluding hydrogens is 154 g/mol. The summed E-state index contributed by atoms with van der Waals surface area (Å²) in [5, 5.41) is 12.8. The molecule has 0 aliphatic carbocycles. The molecule has 0 aromatic carbocycles. The van der Waals surface area contributed by atoms with E-state index >= 15 is 0 Å². The van der Waals surface area contributed by atoms with Gasteiger partial charge >= 0.3 is 0 Å². The molecule has 0 spiro atoms. The minimum absolute atomic E-state index is 0.556. The lowest BCUT2D eigenvalue weighted by Crippen LogP contribution is -2.60. The Morgan fingerprint density at radius 2 is 2.42 bits per heavy atom. The van der Waals surface area contributed by atoms with Crippen LogP contribution in [0.5, 0.6) is 0 Å². The Labute approximate surface area is 71.0 Å². The zero-order valence-corrected chi connectivity index (χ0v) is 7.09. The molecule has 4 nitrogen and oxygen atoms in total. The van der Waals surface area contributed by atoms with Crippen LogP contribution >= 0.6 is 0 Å². The quantitative estimate of drug-likeness (QED) is 0.561. The smallest absolute Gasteiger partial charge is 0.0950 e. The predicted octanol–water partition coefficient (Wildman–Crippen LogP) is -0.405. The molecule has 1 aromatic rings. The summed E-state index contributed by atoms with van der Waals surface area (Å²) in [6.45, 7) is 3.33. The minimum Gasteiger partial charge on any atom is -0.387 e. The molecule has 1 aromatic heterocycles. The molecule has 0 amide bonds. The number of hydrogen-bond acceptors (Lipinski definition) is 3. The first-order valence-electron chi connectivity index (χ1n) is 4.12. The number of aromatic amines is 1. The summed E-state index contributed by atoms with van der Waals surface area (Å²) in [7, 11) is 0. The van der Waals surface area contributed by atoms with Gasteiger partial charge < -0.3 is 15.4 Å². The average Bonchev–Trinajstić information content (AvgIpc) is 2.34. The van der Waals surface area contributed by atoms with Crippen molar-refractivity contribution in [3.8, 4) is 0 Å². The second kappa shape index (κ2) is 2.57. The van der Waals surface area contributed by atoms with Crippen molar-refractivity contribution in [3.05, 3.63) is 17.7 Å². The molecule has 1 saturated heterocycles. The Morgan fingerprint density at radius 1 is 1.67 bits per heavy atom. The maximum atomic E-state index is 9.79. The Morgan fingerprint density at radius 3 is 2.83 bits per heavy atom. The number of H-pyrrole nitrogens is 1. The zero-order valence-electron chi connectivity index (χ0n) is 7.09. The van der Waals surface area contributed by atoms with Crippen LogP contribution in [0.3, 0.4) is 0 Å². The average molecular weight is 167 g/mol. The normalized spacial score (nSPS) is 20.5. The van der Waals surface area contributed by atoms with E-state index in [1.165, 1.54) is 0 Å². The van der Waals surface area contributed by atoms with Gasteiger partial charge in [0.15, 0.2) is 0 Å². The second-order valence-electron chi connectivity index (χ2n) is 3.48. The topological polar surface area (TPSA) is 60.9 Å². The number of β-amino-alcohol motifs (C(OH)–C–C–N with tert-alkyl or cyclic N) is 1. The van der Waals surface area contributed by atoms with Crippen LogP contribution in [0.1, 0.15) is 11.4 Å². The fraction of sp³-hybridized carbons (Fsp3) is 0.625. The number of imidazole rings is 1. The monoisotopic (exact) mass is 167 g/mol. The molecule has 1 fully saturated rings. The fourth-order valence-corrected chi connectivity index (χ4v) is 1.42. The van der Waals surface area contributed by atoms with E-state index in [1.54, 1.807) is 6.33 Å². The highest BCUT2D eigenvalue weighted by molar-refractivity contribution is 5.14. The van der Waals surface area contributed by atoms with Crippen molar-refractivity contribution >= 4 is 0 Å². The Bertz CT molecular complexity index is 278. The maximum Gasteiger partial charge on any atom is 0.0950 e. The third kappa shape index (κ3) is 1.23. The van der Waals surface area contributed by atoms with E-state index in [2.05, 4.69) is 15.3 Å². The molecule has 4 heteroatoms. The minimum atomic E-state index is -0.556. The predicted molar refractivity (Wildman–Crippen MR) is 44.8 cm³/mol. The summed E-state index contributed by atoms with van der Waals surface area (Å²) in [4.78, 5) is 7.14. The molecule has 12 heavy (non-hydrogen) atoms. The second-order valence-corrected chi connectivity index (χ2v) is 3.48. The largest absolute Gasteiger partial charge is 0.387 e. The van der Waals surface area contributed by atoms with Gasteiger partial charge in [-0.05, 0) is 6.92 Å². The lowest BCUT2D eigenvalue weighted by Gasteiger charge is -2.37. The van der Waals surface area contributed by atoms with E-state index < -0.39 is 5.60 Å². The summed E-state index contributed by atoms with van der Waals surface area (Å²) < 4.78 is 0. The first-order valence-corrected chi connectivity index (χ1v) is 4.12. The number of aliphatic hydroxyl groups is 1. The number of aryl methyl sites for hydroxylation is 1. The lowest BCUT2D eigenvalue weighted by atomic mass is 9.91. The van der Waals surface area contributed by atoms with Crippen molar-refractivity contribution in [1.82, 2.24) is 15.3 Å². The van der Waals surface area contributed by atoms with Crippen molar-refractivity contribution < 1.29 is 5.11 Å². The summed E-state index contributed by atoms with van der Waals surface area (Å²) in [5.41, 5.74) is 1.47. The van der Waals surface area contributed by atoms with Gasteiger partial charge in [0.25, 0.3) is 0 Å². The SMILES string of the molecule is Cc1[nH]cnc1CC1(O)CNC1. The molecule has 0 unspecified atom stereocenters. The molecule has 1 aliphatic heterocycles. The van der Waals surface area contributed by atoms with Crippen LogP contribution in [0, 0.1) is 6.92 Å². The molecule has 0 radical (unpaired) electrons. The maximum absolute atomic E-state index is 9.79. The van der Waals surface area contributed by atoms with E-state index in [4.69, 9.17) is 0 Å². The van der Waals surface area contributed by atoms with Gasteiger partial charge in [-0.25, -0.2) is 4.98 Å². The molecule has 1 aliphatic rings. The molecule has 2 rings (SSSR count). The van der Waals surface area contributed by atoms with Crippen molar-refractivity contribution in [2.45, 2.75) is 18.9 Å². The van der Waals surface area contributed by atoms with Gasteiger partial charge in [0.05, 0.1) is 17.6 Å². The van der Waals surface area contributed by atoms with Gasteiger partial charge in [-0.1, -0.05) is 0 Å². The van der Waals surface area contributed by atoms with Crippen molar-refractivity contribution in [3.63, 3.8) is 0 Å². The van der Waals surface area contributed by atoms with Crippen molar-refractivity contribution in [2.24, 2.45) is 0 Å². The van der Waals surface area contributed by atoms with E-state index in [0.29, 0.717) is 19.5 Å². The van der Waals surface area contributed by atoms with Gasteiger partial charge in [-0.2, -0.15) is 0 Å². The Hall–Kier alpha value is -0.870. The van der Waals surface area contributed by atoms with Gasteiger partial charge in [0, 0.05) is 25.2 Å². The van der Waals surface area contributed by atoms with Crippen molar-refractivity contribution in [1.29, 1.82) is 0 Å². The standard InChI is InChI=1S/C8H13N3O/c1-6-7(11-5-10-6)2-8(12)3-9-4-8/h5,9,12H,2-4H2,1H3,(H,10,11). The third-order valence-corrected chi connectivity index (χ3v) is 2.34. The van der Waals surface area contributed by atoms with Crippen LogP contribution in [0.2, 0.25) is 0 Å². The summed E-state index contributed by atoms with van der Waals surface area (Å²) in [6, 6.07) is 0. The highest BCUT2D eigenvalue weighted by Crippen LogP contribution is 2.17. The number of rotatable bonds is 2. The molecular formula is C8H13N3O. The van der Waals surface area contributed by atoms with E-state index in [1.807, 2.05) is 6.92 Å².